The van der Waals surface area contributed by atoms with Crippen LogP contribution in [0.2, 0.25) is 0 Å². The van der Waals surface area contributed by atoms with E-state index in [9.17, 15) is 24.6 Å². The molecule has 0 spiro atoms. The Kier molecular flexibility index (Phi) is 11.4. The number of aliphatic carboxylic acids is 1. The van der Waals surface area contributed by atoms with Crippen molar-refractivity contribution in [1.29, 1.82) is 0 Å². The molecule has 0 saturated carbocycles. The summed E-state index contributed by atoms with van der Waals surface area (Å²) in [4.78, 5) is 39.1. The molecule has 4 N–H and O–H groups in total. The number of carboxylic acid groups (broad SMARTS) is 1. The molecule has 3 atom stereocenters. The molecule has 0 aliphatic heterocycles. The second kappa shape index (κ2) is 16.6. The summed E-state index contributed by atoms with van der Waals surface area (Å²) in [5, 5.41) is 26.0. The number of carboxylic acids is 1. The van der Waals surface area contributed by atoms with Gasteiger partial charge in [-0.05, 0) is 51.1 Å². The topological polar surface area (TPSA) is 143 Å². The van der Waals surface area contributed by atoms with Gasteiger partial charge in [0.1, 0.15) is 31.1 Å². The number of aliphatic hydroxyl groups excluding tert-OH is 1. The molecule has 10 nitrogen and oxygen atoms in total. The summed E-state index contributed by atoms with van der Waals surface area (Å²) < 4.78 is 17.2. The lowest BCUT2D eigenvalue weighted by Crippen LogP contribution is -2.55. The highest BCUT2D eigenvalue weighted by Crippen LogP contribution is 2.44. The van der Waals surface area contributed by atoms with Crippen molar-refractivity contribution in [2.24, 2.45) is 0 Å². The number of carbonyl (C=O) groups excluding carboxylic acids is 2. The SMILES string of the molecule is O=C(N[C@@H](COCc1ccccc1)C(=O)N[C@H](C(=O)O)C(O)c1ccc(OCc2ccccc2)cc1)OCC1c2ccccc2-c2ccccc21. The van der Waals surface area contributed by atoms with Gasteiger partial charge in [0, 0.05) is 5.92 Å². The van der Waals surface area contributed by atoms with E-state index in [-0.39, 0.29) is 31.3 Å². The summed E-state index contributed by atoms with van der Waals surface area (Å²) >= 11 is 0. The van der Waals surface area contributed by atoms with Crippen molar-refractivity contribution in [3.63, 3.8) is 0 Å². The molecule has 2 amide bonds. The molecular formula is C41H38N2O8. The van der Waals surface area contributed by atoms with Gasteiger partial charge in [0.2, 0.25) is 5.91 Å². The van der Waals surface area contributed by atoms with Gasteiger partial charge in [0.15, 0.2) is 6.04 Å². The van der Waals surface area contributed by atoms with Crippen molar-refractivity contribution in [1.82, 2.24) is 10.6 Å². The average Bonchev–Trinajstić information content (AvgIpc) is 3.49. The van der Waals surface area contributed by atoms with Crippen molar-refractivity contribution in [2.45, 2.75) is 37.3 Å². The molecule has 5 aromatic carbocycles. The van der Waals surface area contributed by atoms with Crippen molar-refractivity contribution < 1.29 is 38.8 Å². The van der Waals surface area contributed by atoms with Gasteiger partial charge in [-0.25, -0.2) is 9.59 Å². The van der Waals surface area contributed by atoms with E-state index in [0.717, 1.165) is 33.4 Å². The maximum Gasteiger partial charge on any atom is 0.407 e. The maximum absolute atomic E-state index is 13.6. The molecule has 0 bridgehead atoms. The minimum absolute atomic E-state index is 0.0145. The quantitative estimate of drug-likeness (QED) is 0.105. The van der Waals surface area contributed by atoms with Gasteiger partial charge < -0.3 is 35.1 Å². The summed E-state index contributed by atoms with van der Waals surface area (Å²) in [5.41, 5.74) is 6.26. The van der Waals surface area contributed by atoms with Gasteiger partial charge in [-0.3, -0.25) is 4.79 Å². The van der Waals surface area contributed by atoms with E-state index in [1.54, 1.807) is 12.1 Å². The van der Waals surface area contributed by atoms with Crippen LogP contribution < -0.4 is 15.4 Å². The van der Waals surface area contributed by atoms with E-state index in [1.807, 2.05) is 109 Å². The number of amides is 2. The van der Waals surface area contributed by atoms with Gasteiger partial charge in [0.25, 0.3) is 0 Å². The molecule has 0 heterocycles. The van der Waals surface area contributed by atoms with Gasteiger partial charge in [-0.1, -0.05) is 121 Å². The lowest BCUT2D eigenvalue weighted by molar-refractivity contribution is -0.145. The van der Waals surface area contributed by atoms with Crippen LogP contribution in [0.25, 0.3) is 11.1 Å². The fourth-order valence-electron chi connectivity index (χ4n) is 6.06. The Balaban J connectivity index is 1.11. The van der Waals surface area contributed by atoms with Gasteiger partial charge in [0.05, 0.1) is 13.2 Å². The molecule has 0 fully saturated rings. The molecule has 1 aliphatic rings. The minimum atomic E-state index is -1.74. The van der Waals surface area contributed by atoms with E-state index in [2.05, 4.69) is 10.6 Å². The zero-order valence-electron chi connectivity index (χ0n) is 27.7. The molecule has 260 valence electrons. The molecule has 6 rings (SSSR count). The summed E-state index contributed by atoms with van der Waals surface area (Å²) in [7, 11) is 0. The lowest BCUT2D eigenvalue weighted by Gasteiger charge is -2.25. The smallest absolute Gasteiger partial charge is 0.407 e. The van der Waals surface area contributed by atoms with Crippen LogP contribution in [0, 0.1) is 0 Å². The van der Waals surface area contributed by atoms with Crippen LogP contribution in [0.4, 0.5) is 4.79 Å². The number of fused-ring (bicyclic) bond motifs is 3. The standard InChI is InChI=1S/C41H38N2O8/c44-38(29-19-21-30(22-20-29)50-24-28-13-5-2-6-14-28)37(40(46)47)43-39(45)36(26-49-23-27-11-3-1-4-12-27)42-41(48)51-25-35-33-17-9-7-15-31(33)32-16-8-10-18-34(32)35/h1-22,35-38,44H,23-26H2,(H,42,48)(H,43,45)(H,46,47)/t36-,37-,38?/m0/s1. The van der Waals surface area contributed by atoms with Crippen LogP contribution in [-0.4, -0.2) is 53.5 Å². The Morgan fingerprint density at radius 1 is 0.667 bits per heavy atom. The predicted molar refractivity (Wildman–Crippen MR) is 190 cm³/mol. The summed E-state index contributed by atoms with van der Waals surface area (Å²) in [6, 6.07) is 37.9. The number of nitrogens with one attached hydrogen (secondary N) is 2. The first-order valence-electron chi connectivity index (χ1n) is 16.6. The number of carbonyl (C=O) groups is 3. The Morgan fingerprint density at radius 2 is 1.22 bits per heavy atom. The van der Waals surface area contributed by atoms with Gasteiger partial charge in [-0.15, -0.1) is 0 Å². The molecule has 51 heavy (non-hydrogen) atoms. The highest BCUT2D eigenvalue weighted by Gasteiger charge is 2.34. The third-order valence-corrected chi connectivity index (χ3v) is 8.70. The molecule has 0 radical (unpaired) electrons. The molecule has 1 aliphatic carbocycles. The number of rotatable bonds is 15. The van der Waals surface area contributed by atoms with Crippen LogP contribution in [-0.2, 0) is 32.3 Å². The Hall–Kier alpha value is -5.97. The van der Waals surface area contributed by atoms with Gasteiger partial charge in [-0.2, -0.15) is 0 Å². The fourth-order valence-corrected chi connectivity index (χ4v) is 6.06. The number of benzene rings is 5. The Bertz CT molecular complexity index is 1890. The largest absolute Gasteiger partial charge is 0.489 e. The number of aliphatic hydroxyl groups is 1. The summed E-state index contributed by atoms with van der Waals surface area (Å²) in [6.07, 6.45) is -2.49. The molecule has 1 unspecified atom stereocenters. The third kappa shape index (κ3) is 8.80. The van der Waals surface area contributed by atoms with E-state index >= 15 is 0 Å². The first-order valence-corrected chi connectivity index (χ1v) is 16.6. The van der Waals surface area contributed by atoms with E-state index in [4.69, 9.17) is 14.2 Å². The Labute approximate surface area is 295 Å². The number of hydrogen-bond acceptors (Lipinski definition) is 7. The fraction of sp³-hybridized carbons (Fsp3) is 0.195. The van der Waals surface area contributed by atoms with Crippen molar-refractivity contribution in [2.75, 3.05) is 13.2 Å². The third-order valence-electron chi connectivity index (χ3n) is 8.70. The zero-order valence-corrected chi connectivity index (χ0v) is 27.7. The minimum Gasteiger partial charge on any atom is -0.489 e. The monoisotopic (exact) mass is 686 g/mol. The van der Waals surface area contributed by atoms with Gasteiger partial charge >= 0.3 is 12.1 Å². The number of ether oxygens (including phenoxy) is 3. The first-order chi connectivity index (χ1) is 24.9. The summed E-state index contributed by atoms with van der Waals surface area (Å²) in [5.74, 6) is -2.02. The van der Waals surface area contributed by atoms with Crippen LogP contribution in [0.3, 0.4) is 0 Å². The van der Waals surface area contributed by atoms with Crippen molar-refractivity contribution >= 4 is 18.0 Å². The van der Waals surface area contributed by atoms with E-state index in [1.165, 1.54) is 12.1 Å². The zero-order chi connectivity index (χ0) is 35.6. The van der Waals surface area contributed by atoms with Crippen LogP contribution in [0.5, 0.6) is 5.75 Å². The Morgan fingerprint density at radius 3 is 1.80 bits per heavy atom. The number of alkyl carbamates (subject to hydrolysis) is 1. The predicted octanol–water partition coefficient (Wildman–Crippen LogP) is 5.99. The van der Waals surface area contributed by atoms with Crippen LogP contribution in [0.1, 0.15) is 39.8 Å². The van der Waals surface area contributed by atoms with Crippen molar-refractivity contribution in [3.05, 3.63) is 161 Å². The molecule has 0 aromatic heterocycles. The first kappa shape index (κ1) is 34.9. The molecular weight excluding hydrogens is 648 g/mol. The second-order valence-electron chi connectivity index (χ2n) is 12.1. The highest BCUT2D eigenvalue weighted by atomic mass is 16.5. The maximum atomic E-state index is 13.6. The lowest BCUT2D eigenvalue weighted by atomic mass is 9.98. The molecule has 5 aromatic rings. The normalized spacial score (nSPS) is 13.6. The van der Waals surface area contributed by atoms with E-state index < -0.39 is 36.2 Å². The summed E-state index contributed by atoms with van der Waals surface area (Å²) in [6.45, 7) is 0.197. The second-order valence-corrected chi connectivity index (χ2v) is 12.1. The average molecular weight is 687 g/mol. The molecule has 0 saturated heterocycles. The van der Waals surface area contributed by atoms with Crippen molar-refractivity contribution in [3.8, 4) is 16.9 Å². The van der Waals surface area contributed by atoms with Crippen LogP contribution in [0.15, 0.2) is 133 Å². The van der Waals surface area contributed by atoms with E-state index in [0.29, 0.717) is 12.4 Å². The molecule has 10 heteroatoms. The highest BCUT2D eigenvalue weighted by molar-refractivity contribution is 5.89. The number of hydrogen-bond donors (Lipinski definition) is 4. The van der Waals surface area contributed by atoms with Crippen LogP contribution >= 0.6 is 0 Å².